The van der Waals surface area contributed by atoms with E-state index in [1.54, 1.807) is 0 Å². The van der Waals surface area contributed by atoms with E-state index >= 15 is 0 Å². The Kier molecular flexibility index (Phi) is 2.60. The highest BCUT2D eigenvalue weighted by Gasteiger charge is 2.17. The van der Waals surface area contributed by atoms with E-state index in [0.29, 0.717) is 0 Å². The molecule has 0 saturated heterocycles. The molecule has 0 aliphatic carbocycles. The first-order valence-corrected chi connectivity index (χ1v) is 4.92. The lowest BCUT2D eigenvalue weighted by Crippen LogP contribution is -2.13. The van der Waals surface area contributed by atoms with Gasteiger partial charge in [-0.05, 0) is 6.07 Å². The van der Waals surface area contributed by atoms with Gasteiger partial charge < -0.3 is 10.2 Å². The predicted molar refractivity (Wildman–Crippen MR) is 65.0 cm³/mol. The molecule has 17 heavy (non-hydrogen) atoms. The number of hydrogen-bond donors (Lipinski definition) is 1. The summed E-state index contributed by atoms with van der Waals surface area (Å²) in [6, 6.07) is 5.22. The number of nitrogens with zero attached hydrogens (tertiary/aromatic N) is 1. The Labute approximate surface area is 99.8 Å². The smallest absolute Gasteiger partial charge is 0.312 e. The summed E-state index contributed by atoms with van der Waals surface area (Å²) < 4.78 is 5.19. The van der Waals surface area contributed by atoms with E-state index in [9.17, 15) is 14.9 Å². The van der Waals surface area contributed by atoms with Crippen molar-refractivity contribution in [3.63, 3.8) is 0 Å². The summed E-state index contributed by atoms with van der Waals surface area (Å²) >= 11 is 4.67. The monoisotopic (exact) mass is 250 g/mol. The first-order valence-electron chi connectivity index (χ1n) is 4.52. The van der Waals surface area contributed by atoms with Crippen molar-refractivity contribution in [1.29, 1.82) is 0 Å². The molecule has 2 rings (SSSR count). The molecule has 7 heteroatoms. The fraction of sp³-hybridized carbons (Fsp3) is 0. The number of non-ortho nitro benzene ring substituents is 1. The average Bonchev–Trinajstić information content (AvgIpc) is 2.27. The van der Waals surface area contributed by atoms with Gasteiger partial charge in [0.05, 0.1) is 10.3 Å². The molecule has 0 aliphatic rings. The van der Waals surface area contributed by atoms with Crippen LogP contribution in [0.5, 0.6) is 0 Å². The fourth-order valence-corrected chi connectivity index (χ4v) is 1.53. The largest absolute Gasteiger partial charge is 0.446 e. The van der Waals surface area contributed by atoms with Crippen molar-refractivity contribution in [2.24, 2.45) is 5.73 Å². The van der Waals surface area contributed by atoms with Crippen LogP contribution in [0.4, 0.5) is 5.69 Å². The van der Waals surface area contributed by atoms with Crippen LogP contribution in [0.2, 0.25) is 0 Å². The van der Waals surface area contributed by atoms with Crippen LogP contribution < -0.4 is 11.2 Å². The maximum absolute atomic E-state index is 11.7. The van der Waals surface area contributed by atoms with E-state index in [1.807, 2.05) is 0 Å². The zero-order valence-electron chi connectivity index (χ0n) is 8.38. The topological polar surface area (TPSA) is 99.4 Å². The normalized spacial score (nSPS) is 10.4. The van der Waals surface area contributed by atoms with Crippen molar-refractivity contribution in [3.8, 4) is 0 Å². The second kappa shape index (κ2) is 3.95. The third-order valence-electron chi connectivity index (χ3n) is 2.17. The van der Waals surface area contributed by atoms with Gasteiger partial charge >= 0.3 is 5.69 Å². The van der Waals surface area contributed by atoms with Crippen molar-refractivity contribution in [3.05, 3.63) is 50.4 Å². The number of nitro benzene ring substituents is 1. The molecular formula is C10H6N2O4S. The Bertz CT molecular complexity index is 692. The highest BCUT2D eigenvalue weighted by Crippen LogP contribution is 2.23. The lowest BCUT2D eigenvalue weighted by atomic mass is 10.2. The van der Waals surface area contributed by atoms with E-state index in [2.05, 4.69) is 12.2 Å². The number of para-hydroxylation sites is 1. The Morgan fingerprint density at radius 2 is 2.18 bits per heavy atom. The van der Waals surface area contributed by atoms with Gasteiger partial charge in [-0.3, -0.25) is 14.9 Å². The van der Waals surface area contributed by atoms with E-state index in [1.165, 1.54) is 18.2 Å². The van der Waals surface area contributed by atoms with E-state index in [0.717, 1.165) is 6.07 Å². The molecule has 0 bridgehead atoms. The summed E-state index contributed by atoms with van der Waals surface area (Å²) in [5, 5.41) is 10.9. The molecular weight excluding hydrogens is 244 g/mol. The molecule has 1 heterocycles. The zero-order chi connectivity index (χ0) is 12.6. The van der Waals surface area contributed by atoms with E-state index in [-0.39, 0.29) is 27.4 Å². The highest BCUT2D eigenvalue weighted by molar-refractivity contribution is 7.80. The van der Waals surface area contributed by atoms with Crippen LogP contribution in [-0.2, 0) is 0 Å². The molecule has 0 aliphatic heterocycles. The Morgan fingerprint density at radius 1 is 1.47 bits per heavy atom. The molecule has 0 fully saturated rings. The molecule has 6 nitrogen and oxygen atoms in total. The van der Waals surface area contributed by atoms with E-state index < -0.39 is 10.4 Å². The number of fused-ring (bicyclic) bond motifs is 1. The van der Waals surface area contributed by atoms with Gasteiger partial charge in [0, 0.05) is 12.1 Å². The number of benzene rings is 1. The molecule has 0 radical (unpaired) electrons. The van der Waals surface area contributed by atoms with Crippen LogP contribution in [0.15, 0.2) is 33.5 Å². The third-order valence-corrected chi connectivity index (χ3v) is 2.37. The van der Waals surface area contributed by atoms with Crippen LogP contribution in [0.1, 0.15) is 5.76 Å². The van der Waals surface area contributed by atoms with Crippen LogP contribution in [0.25, 0.3) is 11.0 Å². The van der Waals surface area contributed by atoms with Crippen molar-refractivity contribution >= 4 is 33.9 Å². The highest BCUT2D eigenvalue weighted by atomic mass is 32.1. The predicted octanol–water partition coefficient (Wildman–Crippen LogP) is 1.34. The van der Waals surface area contributed by atoms with Gasteiger partial charge in [-0.1, -0.05) is 18.3 Å². The minimum absolute atomic E-state index is 0.0354. The molecule has 1 aromatic heterocycles. The fourth-order valence-electron chi connectivity index (χ4n) is 1.43. The van der Waals surface area contributed by atoms with Crippen LogP contribution in [-0.4, -0.2) is 9.91 Å². The van der Waals surface area contributed by atoms with Gasteiger partial charge in [0.15, 0.2) is 11.2 Å². The maximum Gasteiger partial charge on any atom is 0.312 e. The zero-order valence-corrected chi connectivity index (χ0v) is 9.19. The number of thiocarbonyl (C=S) groups is 1. The molecule has 86 valence electrons. The standard InChI is InChI=1S/C10H6N2O4S/c11-10(17)8-4-7(13)5-2-1-3-6(12(14)15)9(5)16-8/h1-4H,(H2,11,17). The average molecular weight is 250 g/mol. The van der Waals surface area contributed by atoms with Gasteiger partial charge in [0.1, 0.15) is 4.99 Å². The molecule has 2 aromatic rings. The molecule has 0 saturated carbocycles. The van der Waals surface area contributed by atoms with Crippen molar-refractivity contribution in [1.82, 2.24) is 0 Å². The van der Waals surface area contributed by atoms with Crippen LogP contribution >= 0.6 is 12.2 Å². The summed E-state index contributed by atoms with van der Waals surface area (Å²) in [4.78, 5) is 21.7. The summed E-state index contributed by atoms with van der Waals surface area (Å²) in [6.45, 7) is 0. The quantitative estimate of drug-likeness (QED) is 0.490. The van der Waals surface area contributed by atoms with Gasteiger partial charge in [0.2, 0.25) is 5.58 Å². The Morgan fingerprint density at radius 3 is 2.76 bits per heavy atom. The van der Waals surface area contributed by atoms with Gasteiger partial charge in [-0.25, -0.2) is 0 Å². The van der Waals surface area contributed by atoms with Gasteiger partial charge in [0.25, 0.3) is 0 Å². The lowest BCUT2D eigenvalue weighted by Gasteiger charge is -2.01. The lowest BCUT2D eigenvalue weighted by molar-refractivity contribution is -0.383. The minimum Gasteiger partial charge on any atom is -0.446 e. The molecule has 0 spiro atoms. The second-order valence-corrected chi connectivity index (χ2v) is 3.69. The van der Waals surface area contributed by atoms with Gasteiger partial charge in [-0.15, -0.1) is 0 Å². The summed E-state index contributed by atoms with van der Waals surface area (Å²) in [5.74, 6) is -0.0354. The van der Waals surface area contributed by atoms with Crippen molar-refractivity contribution < 1.29 is 9.34 Å². The van der Waals surface area contributed by atoms with Gasteiger partial charge in [-0.2, -0.15) is 0 Å². The third kappa shape index (κ3) is 1.87. The molecule has 0 amide bonds. The first-order chi connectivity index (χ1) is 8.00. The SMILES string of the molecule is NC(=S)c1cc(=O)c2cccc([N+](=O)[O-])c2o1. The van der Waals surface area contributed by atoms with E-state index in [4.69, 9.17) is 10.2 Å². The molecule has 0 unspecified atom stereocenters. The maximum atomic E-state index is 11.7. The number of nitrogens with two attached hydrogens (primary N) is 1. The summed E-state index contributed by atoms with van der Waals surface area (Å²) in [5.41, 5.74) is 4.50. The number of rotatable bonds is 2. The molecule has 2 N–H and O–H groups in total. The number of hydrogen-bond acceptors (Lipinski definition) is 5. The molecule has 1 aromatic carbocycles. The Balaban J connectivity index is 2.93. The van der Waals surface area contributed by atoms with Crippen LogP contribution in [0.3, 0.4) is 0 Å². The first kappa shape index (κ1) is 11.2. The van der Waals surface area contributed by atoms with Crippen LogP contribution in [0, 0.1) is 10.1 Å². The number of nitro groups is 1. The summed E-state index contributed by atoms with van der Waals surface area (Å²) in [6.07, 6.45) is 0. The van der Waals surface area contributed by atoms with Crippen molar-refractivity contribution in [2.75, 3.05) is 0 Å². The molecule has 0 atom stereocenters. The minimum atomic E-state index is -0.630. The summed E-state index contributed by atoms with van der Waals surface area (Å²) in [7, 11) is 0. The Hall–Kier alpha value is -2.28. The van der Waals surface area contributed by atoms with Crippen molar-refractivity contribution in [2.45, 2.75) is 0 Å². The second-order valence-electron chi connectivity index (χ2n) is 3.25.